The normalized spacial score (nSPS) is 15.2. The molecular formula is C16H19ClN4O. The predicted molar refractivity (Wildman–Crippen MR) is 86.0 cm³/mol. The van der Waals surface area contributed by atoms with Gasteiger partial charge in [0, 0.05) is 42.8 Å². The number of rotatable bonds is 3. The van der Waals surface area contributed by atoms with Gasteiger partial charge in [0.2, 0.25) is 0 Å². The third-order valence-electron chi connectivity index (χ3n) is 4.24. The molecule has 1 atom stereocenters. The predicted octanol–water partition coefficient (Wildman–Crippen LogP) is 2.54. The molecule has 3 rings (SSSR count). The molecule has 0 spiro atoms. The molecule has 2 aromatic rings. The van der Waals surface area contributed by atoms with Crippen molar-refractivity contribution in [1.82, 2.24) is 20.4 Å². The highest BCUT2D eigenvalue weighted by Crippen LogP contribution is 2.24. The molecule has 0 saturated carbocycles. The Morgan fingerprint density at radius 1 is 1.45 bits per heavy atom. The van der Waals surface area contributed by atoms with Gasteiger partial charge < -0.3 is 10.2 Å². The first-order chi connectivity index (χ1) is 10.6. The van der Waals surface area contributed by atoms with E-state index in [1.165, 1.54) is 0 Å². The molecule has 6 heteroatoms. The molecule has 1 aliphatic rings. The van der Waals surface area contributed by atoms with Crippen molar-refractivity contribution in [3.8, 4) is 0 Å². The highest BCUT2D eigenvalue weighted by atomic mass is 35.5. The Morgan fingerprint density at radius 3 is 3.05 bits per heavy atom. The molecule has 1 unspecified atom stereocenters. The summed E-state index contributed by atoms with van der Waals surface area (Å²) >= 11 is 6.04. The number of carbonyl (C=O) groups is 1. The second-order valence-corrected chi connectivity index (χ2v) is 6.04. The molecule has 0 radical (unpaired) electrons. The van der Waals surface area contributed by atoms with E-state index in [1.54, 1.807) is 11.9 Å². The van der Waals surface area contributed by atoms with E-state index in [0.717, 1.165) is 29.8 Å². The fourth-order valence-electron chi connectivity index (χ4n) is 2.74. The molecule has 5 nitrogen and oxygen atoms in total. The fraction of sp³-hybridized carbons (Fsp3) is 0.375. The van der Waals surface area contributed by atoms with Crippen LogP contribution in [0.2, 0.25) is 5.02 Å². The highest BCUT2D eigenvalue weighted by Gasteiger charge is 2.26. The number of hydrogen-bond donors (Lipinski definition) is 2. The van der Waals surface area contributed by atoms with Gasteiger partial charge in [-0.3, -0.25) is 9.89 Å². The quantitative estimate of drug-likeness (QED) is 0.914. The van der Waals surface area contributed by atoms with Crippen molar-refractivity contribution in [2.24, 2.45) is 0 Å². The molecule has 22 heavy (non-hydrogen) atoms. The topological polar surface area (TPSA) is 61.0 Å². The minimum absolute atomic E-state index is 0.0740. The van der Waals surface area contributed by atoms with Gasteiger partial charge in [-0.2, -0.15) is 5.10 Å². The van der Waals surface area contributed by atoms with Crippen LogP contribution in [0.15, 0.2) is 24.3 Å². The molecule has 1 amide bonds. The molecule has 0 aliphatic carbocycles. The van der Waals surface area contributed by atoms with Crippen LogP contribution in [0.3, 0.4) is 0 Å². The lowest BCUT2D eigenvalue weighted by Crippen LogP contribution is -2.32. The molecule has 0 saturated heterocycles. The minimum atomic E-state index is -0.0753. The summed E-state index contributed by atoms with van der Waals surface area (Å²) in [5.41, 5.74) is 3.57. The lowest BCUT2D eigenvalue weighted by Gasteiger charge is -2.25. The van der Waals surface area contributed by atoms with Crippen LogP contribution in [0.5, 0.6) is 0 Å². The van der Waals surface area contributed by atoms with Crippen LogP contribution in [-0.2, 0) is 13.0 Å². The summed E-state index contributed by atoms with van der Waals surface area (Å²) in [5, 5.41) is 11.2. The van der Waals surface area contributed by atoms with E-state index in [-0.39, 0.29) is 11.9 Å². The SMILES string of the molecule is CC(c1cccc(Cl)c1)N(C)C(=O)c1n[nH]c2c1CNCC2. The Bertz CT molecular complexity index is 697. The van der Waals surface area contributed by atoms with Gasteiger partial charge in [0.25, 0.3) is 5.91 Å². The zero-order chi connectivity index (χ0) is 15.7. The van der Waals surface area contributed by atoms with Crippen LogP contribution in [0.25, 0.3) is 0 Å². The first-order valence-electron chi connectivity index (χ1n) is 7.37. The summed E-state index contributed by atoms with van der Waals surface area (Å²) in [4.78, 5) is 14.5. The number of aromatic amines is 1. The Labute approximate surface area is 134 Å². The molecule has 1 aromatic carbocycles. The lowest BCUT2D eigenvalue weighted by atomic mass is 10.0. The van der Waals surface area contributed by atoms with E-state index in [4.69, 9.17) is 11.6 Å². The van der Waals surface area contributed by atoms with Gasteiger partial charge in [-0.1, -0.05) is 23.7 Å². The summed E-state index contributed by atoms with van der Waals surface area (Å²) in [6.07, 6.45) is 0.878. The van der Waals surface area contributed by atoms with Crippen LogP contribution in [0.1, 0.15) is 40.3 Å². The Hall–Kier alpha value is -1.85. The third kappa shape index (κ3) is 2.74. The lowest BCUT2D eigenvalue weighted by molar-refractivity contribution is 0.0735. The monoisotopic (exact) mass is 318 g/mol. The van der Waals surface area contributed by atoms with Crippen LogP contribution in [-0.4, -0.2) is 34.6 Å². The van der Waals surface area contributed by atoms with Crippen molar-refractivity contribution in [2.45, 2.75) is 25.9 Å². The van der Waals surface area contributed by atoms with Gasteiger partial charge in [0.1, 0.15) is 0 Å². The number of fused-ring (bicyclic) bond motifs is 1. The van der Waals surface area contributed by atoms with Gasteiger partial charge in [0.05, 0.1) is 6.04 Å². The number of nitrogens with one attached hydrogen (secondary N) is 2. The van der Waals surface area contributed by atoms with E-state index in [0.29, 0.717) is 17.3 Å². The second-order valence-electron chi connectivity index (χ2n) is 5.60. The van der Waals surface area contributed by atoms with Gasteiger partial charge in [0.15, 0.2) is 5.69 Å². The summed E-state index contributed by atoms with van der Waals surface area (Å²) < 4.78 is 0. The van der Waals surface area contributed by atoms with E-state index in [2.05, 4.69) is 15.5 Å². The Balaban J connectivity index is 1.84. The molecule has 2 N–H and O–H groups in total. The van der Waals surface area contributed by atoms with Crippen LogP contribution in [0.4, 0.5) is 0 Å². The smallest absolute Gasteiger partial charge is 0.274 e. The summed E-state index contributed by atoms with van der Waals surface area (Å²) in [6.45, 7) is 3.59. The van der Waals surface area contributed by atoms with Crippen molar-refractivity contribution < 1.29 is 4.79 Å². The molecule has 116 valence electrons. The molecule has 1 aromatic heterocycles. The second kappa shape index (κ2) is 6.10. The van der Waals surface area contributed by atoms with Gasteiger partial charge in [-0.25, -0.2) is 0 Å². The molecule has 0 fully saturated rings. The van der Waals surface area contributed by atoms with Crippen LogP contribution in [0, 0.1) is 0 Å². The average Bonchev–Trinajstić information content (AvgIpc) is 2.96. The van der Waals surface area contributed by atoms with Crippen molar-refractivity contribution in [3.63, 3.8) is 0 Å². The zero-order valence-corrected chi connectivity index (χ0v) is 13.4. The van der Waals surface area contributed by atoms with E-state index in [1.807, 2.05) is 31.2 Å². The number of halogens is 1. The maximum Gasteiger partial charge on any atom is 0.274 e. The number of aromatic nitrogens is 2. The van der Waals surface area contributed by atoms with E-state index >= 15 is 0 Å². The van der Waals surface area contributed by atoms with E-state index < -0.39 is 0 Å². The zero-order valence-electron chi connectivity index (χ0n) is 12.7. The number of benzene rings is 1. The van der Waals surface area contributed by atoms with Crippen LogP contribution >= 0.6 is 11.6 Å². The van der Waals surface area contributed by atoms with Gasteiger partial charge in [-0.05, 0) is 24.6 Å². The first kappa shape index (κ1) is 15.1. The molecule has 2 heterocycles. The summed E-state index contributed by atoms with van der Waals surface area (Å²) in [6, 6.07) is 7.51. The molecule has 0 bridgehead atoms. The Morgan fingerprint density at radius 2 is 2.27 bits per heavy atom. The standard InChI is InChI=1S/C16H19ClN4O/c1-10(11-4-3-5-12(17)8-11)21(2)16(22)15-13-9-18-7-6-14(13)19-20-15/h3-5,8,10,18H,6-7,9H2,1-2H3,(H,19,20). The average molecular weight is 319 g/mol. The van der Waals surface area contributed by atoms with Crippen LogP contribution < -0.4 is 5.32 Å². The Kier molecular flexibility index (Phi) is 4.18. The van der Waals surface area contributed by atoms with Gasteiger partial charge in [-0.15, -0.1) is 0 Å². The number of carbonyl (C=O) groups excluding carboxylic acids is 1. The van der Waals surface area contributed by atoms with Crippen molar-refractivity contribution in [3.05, 3.63) is 51.8 Å². The number of H-pyrrole nitrogens is 1. The summed E-state index contributed by atoms with van der Waals surface area (Å²) in [5.74, 6) is -0.0753. The van der Waals surface area contributed by atoms with E-state index in [9.17, 15) is 4.79 Å². The number of nitrogens with zero attached hydrogens (tertiary/aromatic N) is 2. The molecule has 1 aliphatic heterocycles. The molecular weight excluding hydrogens is 300 g/mol. The first-order valence-corrected chi connectivity index (χ1v) is 7.75. The number of amides is 1. The van der Waals surface area contributed by atoms with Gasteiger partial charge >= 0.3 is 0 Å². The third-order valence-corrected chi connectivity index (χ3v) is 4.48. The minimum Gasteiger partial charge on any atom is -0.334 e. The maximum atomic E-state index is 12.8. The van der Waals surface area contributed by atoms with Crippen molar-refractivity contribution >= 4 is 17.5 Å². The maximum absolute atomic E-state index is 12.8. The van der Waals surface area contributed by atoms with Crippen molar-refractivity contribution in [1.29, 1.82) is 0 Å². The summed E-state index contributed by atoms with van der Waals surface area (Å²) in [7, 11) is 1.80. The highest BCUT2D eigenvalue weighted by molar-refractivity contribution is 6.30. The van der Waals surface area contributed by atoms with Crippen molar-refractivity contribution in [2.75, 3.05) is 13.6 Å². The largest absolute Gasteiger partial charge is 0.334 e. The fourth-order valence-corrected chi connectivity index (χ4v) is 2.93. The number of hydrogen-bond acceptors (Lipinski definition) is 3.